The number of hydrogen-bond acceptors (Lipinski definition) is 5. The van der Waals surface area contributed by atoms with Crippen molar-refractivity contribution in [2.45, 2.75) is 31.6 Å². The van der Waals surface area contributed by atoms with Crippen LogP contribution in [0.4, 0.5) is 28.4 Å². The number of methoxy groups -OCH3 is 1. The molecule has 0 amide bonds. The molecule has 1 unspecified atom stereocenters. The highest BCUT2D eigenvalue weighted by Crippen LogP contribution is 2.56. The summed E-state index contributed by atoms with van der Waals surface area (Å²) in [5, 5.41) is 4.50. The Morgan fingerprint density at radius 3 is 2.09 bits per heavy atom. The lowest BCUT2D eigenvalue weighted by Gasteiger charge is -2.32. The first-order valence-corrected chi connectivity index (χ1v) is 17.1. The maximum atomic E-state index is 5.50. The van der Waals surface area contributed by atoms with Crippen LogP contribution in [0.25, 0.3) is 9.40 Å². The van der Waals surface area contributed by atoms with E-state index in [1.54, 1.807) is 7.11 Å². The minimum atomic E-state index is -0.118. The Morgan fingerprint density at radius 1 is 0.733 bits per heavy atom. The average Bonchev–Trinajstić information content (AvgIpc) is 3.77. The van der Waals surface area contributed by atoms with E-state index in [0.29, 0.717) is 5.92 Å². The molecule has 0 saturated heterocycles. The molecule has 2 aromatic heterocycles. The Morgan fingerprint density at radius 2 is 1.40 bits per heavy atom. The zero-order valence-corrected chi connectivity index (χ0v) is 27.2. The first kappa shape index (κ1) is 27.9. The van der Waals surface area contributed by atoms with Gasteiger partial charge in [-0.15, -0.1) is 22.7 Å². The van der Waals surface area contributed by atoms with E-state index in [0.717, 1.165) is 29.2 Å². The van der Waals surface area contributed by atoms with Crippen molar-refractivity contribution < 1.29 is 4.74 Å². The van der Waals surface area contributed by atoms with Gasteiger partial charge in [0, 0.05) is 49.9 Å². The predicted octanol–water partition coefficient (Wildman–Crippen LogP) is 11.9. The zero-order chi connectivity index (χ0) is 30.5. The van der Waals surface area contributed by atoms with E-state index in [1.165, 1.54) is 43.2 Å². The Balaban J connectivity index is 1.21. The number of anilines is 5. The number of thiophene rings is 2. The molecule has 0 spiro atoms. The lowest BCUT2D eigenvalue weighted by atomic mass is 9.78. The van der Waals surface area contributed by atoms with Crippen molar-refractivity contribution in [2.24, 2.45) is 0 Å². The molecule has 8 rings (SSSR count). The Bertz CT molecular complexity index is 2010. The summed E-state index contributed by atoms with van der Waals surface area (Å²) in [6.45, 7) is 4.80. The standard InChI is InChI=1S/C40H34N2OS2/c1-40(2)35-24-30(41(27-10-6-4-7-11-27)28-12-8-5-9-13-28)16-20-33(35)34-21-17-31(25-36(34)40)42(29-14-18-32(43-3)19-15-29)37-26-45-38-22-23-44-39(37)38/h4-20,22-26,34H,21H2,1-3H3. The van der Waals surface area contributed by atoms with Crippen LogP contribution < -0.4 is 14.5 Å². The van der Waals surface area contributed by atoms with Crippen LogP contribution in [-0.4, -0.2) is 7.11 Å². The molecule has 4 aromatic carbocycles. The second kappa shape index (κ2) is 11.1. The molecule has 0 radical (unpaired) electrons. The number of rotatable bonds is 7. The molecule has 222 valence electrons. The summed E-state index contributed by atoms with van der Waals surface area (Å²) < 4.78 is 8.16. The lowest BCUT2D eigenvalue weighted by Crippen LogP contribution is -2.22. The molecule has 2 aliphatic rings. The molecule has 5 heteroatoms. The van der Waals surface area contributed by atoms with Crippen molar-refractivity contribution >= 4 is 60.5 Å². The van der Waals surface area contributed by atoms with Gasteiger partial charge in [0.15, 0.2) is 0 Å². The monoisotopic (exact) mass is 622 g/mol. The van der Waals surface area contributed by atoms with Gasteiger partial charge in [-0.3, -0.25) is 0 Å². The van der Waals surface area contributed by atoms with Gasteiger partial charge in [-0.2, -0.15) is 0 Å². The molecule has 0 saturated carbocycles. The molecule has 3 nitrogen and oxygen atoms in total. The van der Waals surface area contributed by atoms with E-state index in [9.17, 15) is 0 Å². The summed E-state index contributed by atoms with van der Waals surface area (Å²) in [5.74, 6) is 1.24. The minimum absolute atomic E-state index is 0.118. The predicted molar refractivity (Wildman–Crippen MR) is 193 cm³/mol. The summed E-state index contributed by atoms with van der Waals surface area (Å²) >= 11 is 3.63. The summed E-state index contributed by atoms with van der Waals surface area (Å²) in [5.41, 5.74) is 11.3. The number of ether oxygens (including phenoxy) is 1. The Labute approximate surface area is 273 Å². The van der Waals surface area contributed by atoms with Gasteiger partial charge < -0.3 is 14.5 Å². The largest absolute Gasteiger partial charge is 0.497 e. The molecule has 0 fully saturated rings. The van der Waals surface area contributed by atoms with Crippen LogP contribution in [0.5, 0.6) is 5.75 Å². The number of benzene rings is 4. The quantitative estimate of drug-likeness (QED) is 0.176. The number of allylic oxidation sites excluding steroid dienone is 3. The fourth-order valence-corrected chi connectivity index (χ4v) is 9.16. The summed E-state index contributed by atoms with van der Waals surface area (Å²) in [7, 11) is 1.72. The van der Waals surface area contributed by atoms with Gasteiger partial charge in [0.2, 0.25) is 0 Å². The highest BCUT2D eigenvalue weighted by Gasteiger charge is 2.43. The van der Waals surface area contributed by atoms with Crippen molar-refractivity contribution in [1.29, 1.82) is 0 Å². The van der Waals surface area contributed by atoms with Gasteiger partial charge >= 0.3 is 0 Å². The van der Waals surface area contributed by atoms with Crippen LogP contribution in [-0.2, 0) is 5.41 Å². The topological polar surface area (TPSA) is 15.7 Å². The summed E-state index contributed by atoms with van der Waals surface area (Å²) in [6, 6.07) is 39.2. The van der Waals surface area contributed by atoms with Crippen molar-refractivity contribution in [2.75, 3.05) is 16.9 Å². The summed E-state index contributed by atoms with van der Waals surface area (Å²) in [4.78, 5) is 4.81. The minimum Gasteiger partial charge on any atom is -0.497 e. The molecule has 0 bridgehead atoms. The van der Waals surface area contributed by atoms with Crippen LogP contribution >= 0.6 is 22.7 Å². The molecule has 2 heterocycles. The van der Waals surface area contributed by atoms with Gasteiger partial charge in [0.05, 0.1) is 17.5 Å². The SMILES string of the molecule is COc1ccc(N(C2=CCC3C(=C2)C(C)(C)c2cc(N(c4ccccc4)c4ccccc4)ccc23)c2csc3ccsc23)cc1. The zero-order valence-electron chi connectivity index (χ0n) is 25.6. The van der Waals surface area contributed by atoms with E-state index in [2.05, 4.69) is 156 Å². The Kier molecular flexibility index (Phi) is 6.89. The molecule has 2 aliphatic carbocycles. The van der Waals surface area contributed by atoms with Crippen LogP contribution in [0.1, 0.15) is 37.3 Å². The first-order valence-electron chi connectivity index (χ1n) is 15.4. The normalized spacial score (nSPS) is 16.5. The third-order valence-corrected chi connectivity index (χ3v) is 11.3. The fraction of sp³-hybridized carbons (Fsp3) is 0.150. The van der Waals surface area contributed by atoms with Gasteiger partial charge in [0.1, 0.15) is 5.75 Å². The molecular weight excluding hydrogens is 589 g/mol. The van der Waals surface area contributed by atoms with Crippen molar-refractivity contribution in [3.05, 3.63) is 155 Å². The molecular formula is C40H34N2OS2. The van der Waals surface area contributed by atoms with Crippen molar-refractivity contribution in [3.8, 4) is 5.75 Å². The van der Waals surface area contributed by atoms with Crippen molar-refractivity contribution in [1.82, 2.24) is 0 Å². The van der Waals surface area contributed by atoms with E-state index < -0.39 is 0 Å². The highest BCUT2D eigenvalue weighted by atomic mass is 32.1. The van der Waals surface area contributed by atoms with Crippen LogP contribution in [0.2, 0.25) is 0 Å². The van der Waals surface area contributed by atoms with Gasteiger partial charge in [0.25, 0.3) is 0 Å². The number of para-hydroxylation sites is 2. The molecule has 1 atom stereocenters. The van der Waals surface area contributed by atoms with Gasteiger partial charge in [-0.1, -0.05) is 68.0 Å². The smallest absolute Gasteiger partial charge is 0.119 e. The lowest BCUT2D eigenvalue weighted by molar-refractivity contribution is 0.415. The second-order valence-electron chi connectivity index (χ2n) is 12.2. The Hall–Kier alpha value is -4.58. The first-order chi connectivity index (χ1) is 22.0. The van der Waals surface area contributed by atoms with Crippen LogP contribution in [0, 0.1) is 0 Å². The molecule has 0 N–H and O–H groups in total. The third kappa shape index (κ3) is 4.70. The van der Waals surface area contributed by atoms with E-state index >= 15 is 0 Å². The third-order valence-electron chi connectivity index (χ3n) is 9.32. The van der Waals surface area contributed by atoms with Gasteiger partial charge in [-0.05, 0) is 95.7 Å². The van der Waals surface area contributed by atoms with E-state index in [-0.39, 0.29) is 5.41 Å². The number of fused-ring (bicyclic) bond motifs is 4. The summed E-state index contributed by atoms with van der Waals surface area (Å²) in [6.07, 6.45) is 5.89. The molecule has 6 aromatic rings. The highest BCUT2D eigenvalue weighted by molar-refractivity contribution is 7.27. The van der Waals surface area contributed by atoms with Crippen molar-refractivity contribution in [3.63, 3.8) is 0 Å². The van der Waals surface area contributed by atoms with Gasteiger partial charge in [-0.25, -0.2) is 0 Å². The maximum absolute atomic E-state index is 5.50. The number of hydrogen-bond donors (Lipinski definition) is 0. The fourth-order valence-electron chi connectivity index (χ4n) is 7.10. The molecule has 0 aliphatic heterocycles. The van der Waals surface area contributed by atoms with Crippen LogP contribution in [0.3, 0.4) is 0 Å². The second-order valence-corrected chi connectivity index (χ2v) is 14.0. The average molecular weight is 623 g/mol. The van der Waals surface area contributed by atoms with E-state index in [1.807, 2.05) is 22.7 Å². The number of nitrogens with zero attached hydrogens (tertiary/aromatic N) is 2. The van der Waals surface area contributed by atoms with Crippen LogP contribution in [0.15, 0.2) is 143 Å². The van der Waals surface area contributed by atoms with E-state index in [4.69, 9.17) is 4.74 Å². The maximum Gasteiger partial charge on any atom is 0.119 e. The molecule has 45 heavy (non-hydrogen) atoms.